The topological polar surface area (TPSA) is 32.3 Å². The second-order valence-corrected chi connectivity index (χ2v) is 12.4. The van der Waals surface area contributed by atoms with Crippen LogP contribution in [-0.4, -0.2) is 16.1 Å². The largest absolute Gasteiger partial charge is 0.302 e. The smallest absolute Gasteiger partial charge is 0.178 e. The van der Waals surface area contributed by atoms with E-state index >= 15 is 0 Å². The van der Waals surface area contributed by atoms with Crippen LogP contribution >= 0.6 is 0 Å². The molecule has 0 bridgehead atoms. The SMILES string of the molecule is C=C.CC.CC.CCC1(C)c2ccccc2N2c3nc4c(nc3N(c3ccccc3)C2C1C)C(C)(C)CCC4(C)C. The first kappa shape index (κ1) is 32.4. The van der Waals surface area contributed by atoms with Crippen LogP contribution in [-0.2, 0) is 16.2 Å². The van der Waals surface area contributed by atoms with Crippen LogP contribution in [0, 0.1) is 5.92 Å². The number of para-hydroxylation sites is 2. The molecule has 4 nitrogen and oxygen atoms in total. The van der Waals surface area contributed by atoms with Crippen LogP contribution < -0.4 is 9.80 Å². The van der Waals surface area contributed by atoms with Crippen molar-refractivity contribution in [2.75, 3.05) is 9.80 Å². The summed E-state index contributed by atoms with van der Waals surface area (Å²) in [5.41, 5.74) is 6.33. The van der Waals surface area contributed by atoms with Crippen molar-refractivity contribution < 1.29 is 0 Å². The Balaban J connectivity index is 0.000000725. The van der Waals surface area contributed by atoms with Crippen molar-refractivity contribution in [3.8, 4) is 0 Å². The number of fused-ring (bicyclic) bond motifs is 6. The Morgan fingerprint density at radius 1 is 0.732 bits per heavy atom. The summed E-state index contributed by atoms with van der Waals surface area (Å²) in [7, 11) is 0. The van der Waals surface area contributed by atoms with Gasteiger partial charge in [-0.05, 0) is 43.0 Å². The number of nitrogens with zero attached hydrogens (tertiary/aromatic N) is 4. The van der Waals surface area contributed by atoms with Gasteiger partial charge in [0.25, 0.3) is 0 Å². The van der Waals surface area contributed by atoms with Crippen molar-refractivity contribution in [2.45, 2.75) is 118 Å². The maximum Gasteiger partial charge on any atom is 0.178 e. The molecule has 3 aliphatic rings. The van der Waals surface area contributed by atoms with Gasteiger partial charge >= 0.3 is 0 Å². The highest BCUT2D eigenvalue weighted by Crippen LogP contribution is 2.58. The number of rotatable bonds is 2. The molecule has 41 heavy (non-hydrogen) atoms. The lowest BCUT2D eigenvalue weighted by atomic mass is 9.66. The first-order valence-electron chi connectivity index (χ1n) is 15.8. The van der Waals surface area contributed by atoms with Gasteiger partial charge in [-0.3, -0.25) is 0 Å². The highest BCUT2D eigenvalue weighted by molar-refractivity contribution is 5.86. The van der Waals surface area contributed by atoms with Gasteiger partial charge in [-0.25, -0.2) is 9.97 Å². The predicted octanol–water partition coefficient (Wildman–Crippen LogP) is 10.6. The summed E-state index contributed by atoms with van der Waals surface area (Å²) in [6.07, 6.45) is 3.48. The average Bonchev–Trinajstić information content (AvgIpc) is 3.36. The molecule has 0 amide bonds. The third kappa shape index (κ3) is 5.08. The van der Waals surface area contributed by atoms with E-state index in [9.17, 15) is 0 Å². The maximum atomic E-state index is 5.53. The Bertz CT molecular complexity index is 1310. The summed E-state index contributed by atoms with van der Waals surface area (Å²) in [4.78, 5) is 16.0. The fourth-order valence-corrected chi connectivity index (χ4v) is 6.73. The fourth-order valence-electron chi connectivity index (χ4n) is 6.73. The fraction of sp³-hybridized carbons (Fsp3) is 0.514. The zero-order chi connectivity index (χ0) is 30.8. The highest BCUT2D eigenvalue weighted by atomic mass is 15.5. The summed E-state index contributed by atoms with van der Waals surface area (Å²) in [6.45, 7) is 30.5. The molecule has 4 heteroatoms. The Hall–Kier alpha value is -3.14. The Morgan fingerprint density at radius 3 is 1.71 bits per heavy atom. The molecule has 3 heterocycles. The van der Waals surface area contributed by atoms with Crippen molar-refractivity contribution in [3.63, 3.8) is 0 Å². The van der Waals surface area contributed by atoms with E-state index in [0.29, 0.717) is 5.92 Å². The van der Waals surface area contributed by atoms with Crippen LogP contribution in [0.1, 0.15) is 112 Å². The minimum atomic E-state index is 0.0137. The molecular formula is C37H54N4. The molecular weight excluding hydrogens is 500 g/mol. The van der Waals surface area contributed by atoms with Gasteiger partial charge in [-0.15, -0.1) is 13.2 Å². The van der Waals surface area contributed by atoms with E-state index in [0.717, 1.165) is 30.9 Å². The van der Waals surface area contributed by atoms with E-state index in [4.69, 9.17) is 9.97 Å². The standard InChI is InChI=1S/C31H38N4.2C2H6.C2H4/c1-8-31(7)20(2)28-34(21-14-10-9-11-15-21)26-27(35(28)23-17-13-12-16-22(23)31)33-25-24(32-26)29(3,4)18-19-30(25,5)6;3*1-2/h9-17,20,28H,8,18-19H2,1-7H3;2*1-2H3;1-2H2. The first-order chi connectivity index (χ1) is 19.6. The lowest BCUT2D eigenvalue weighted by Crippen LogP contribution is -2.54. The van der Waals surface area contributed by atoms with Crippen molar-refractivity contribution in [1.82, 2.24) is 9.97 Å². The van der Waals surface area contributed by atoms with Crippen LogP contribution in [0.25, 0.3) is 0 Å². The van der Waals surface area contributed by atoms with Crippen LogP contribution in [0.3, 0.4) is 0 Å². The third-order valence-electron chi connectivity index (χ3n) is 9.50. The van der Waals surface area contributed by atoms with E-state index in [1.165, 1.54) is 28.3 Å². The lowest BCUT2D eigenvalue weighted by Gasteiger charge is -2.50. The van der Waals surface area contributed by atoms with Gasteiger partial charge in [-0.1, -0.05) is 113 Å². The molecule has 1 aliphatic carbocycles. The second kappa shape index (κ2) is 12.4. The van der Waals surface area contributed by atoms with E-state index < -0.39 is 0 Å². The quantitative estimate of drug-likeness (QED) is 0.295. The second-order valence-electron chi connectivity index (χ2n) is 12.4. The molecule has 0 radical (unpaired) electrons. The van der Waals surface area contributed by atoms with E-state index in [1.54, 1.807) is 0 Å². The first-order valence-corrected chi connectivity index (χ1v) is 15.8. The Labute approximate surface area is 250 Å². The van der Waals surface area contributed by atoms with Gasteiger partial charge in [0.05, 0.1) is 11.4 Å². The summed E-state index contributed by atoms with van der Waals surface area (Å²) < 4.78 is 0. The Kier molecular flexibility index (Phi) is 9.78. The van der Waals surface area contributed by atoms with Crippen LogP contribution in [0.15, 0.2) is 67.8 Å². The molecule has 0 saturated carbocycles. The molecule has 3 atom stereocenters. The van der Waals surface area contributed by atoms with E-state index in [2.05, 4.69) is 126 Å². The van der Waals surface area contributed by atoms with Gasteiger partial charge < -0.3 is 9.80 Å². The molecule has 3 unspecified atom stereocenters. The van der Waals surface area contributed by atoms with Gasteiger partial charge in [-0.2, -0.15) is 0 Å². The highest BCUT2D eigenvalue weighted by Gasteiger charge is 2.54. The van der Waals surface area contributed by atoms with Gasteiger partial charge in [0.15, 0.2) is 11.6 Å². The predicted molar refractivity (Wildman–Crippen MR) is 179 cm³/mol. The monoisotopic (exact) mass is 554 g/mol. The molecule has 2 aliphatic heterocycles. The zero-order valence-corrected chi connectivity index (χ0v) is 27.7. The van der Waals surface area contributed by atoms with Gasteiger partial charge in [0.1, 0.15) is 6.17 Å². The number of aromatic nitrogens is 2. The minimum Gasteiger partial charge on any atom is -0.302 e. The molecule has 0 spiro atoms. The molecule has 0 N–H and O–H groups in total. The zero-order valence-electron chi connectivity index (χ0n) is 27.7. The number of hydrogen-bond acceptors (Lipinski definition) is 4. The van der Waals surface area contributed by atoms with Crippen molar-refractivity contribution in [2.24, 2.45) is 5.92 Å². The maximum absolute atomic E-state index is 5.53. The van der Waals surface area contributed by atoms with Crippen molar-refractivity contribution in [1.29, 1.82) is 0 Å². The van der Waals surface area contributed by atoms with Crippen molar-refractivity contribution in [3.05, 3.63) is 84.7 Å². The van der Waals surface area contributed by atoms with E-state index in [1.807, 2.05) is 27.7 Å². The summed E-state index contributed by atoms with van der Waals surface area (Å²) in [5.74, 6) is 2.39. The molecule has 3 aromatic rings. The number of anilines is 4. The van der Waals surface area contributed by atoms with E-state index in [-0.39, 0.29) is 22.4 Å². The van der Waals surface area contributed by atoms with Crippen LogP contribution in [0.5, 0.6) is 0 Å². The summed E-state index contributed by atoms with van der Waals surface area (Å²) in [6, 6.07) is 19.8. The number of benzene rings is 2. The molecule has 222 valence electrons. The number of hydrogen-bond donors (Lipinski definition) is 0. The van der Waals surface area contributed by atoms with Crippen LogP contribution in [0.2, 0.25) is 0 Å². The third-order valence-corrected chi connectivity index (χ3v) is 9.50. The normalized spacial score (nSPS) is 24.0. The average molecular weight is 555 g/mol. The lowest BCUT2D eigenvalue weighted by molar-refractivity contribution is 0.249. The molecule has 1 aromatic heterocycles. The summed E-state index contributed by atoms with van der Waals surface area (Å²) >= 11 is 0. The Morgan fingerprint density at radius 2 is 1.20 bits per heavy atom. The molecule has 2 aromatic carbocycles. The van der Waals surface area contributed by atoms with Crippen molar-refractivity contribution >= 4 is 23.0 Å². The molecule has 0 saturated heterocycles. The molecule has 6 rings (SSSR count). The minimum absolute atomic E-state index is 0.0137. The molecule has 0 fully saturated rings. The van der Waals surface area contributed by atoms with Gasteiger partial charge in [0.2, 0.25) is 0 Å². The van der Waals surface area contributed by atoms with Crippen LogP contribution in [0.4, 0.5) is 23.0 Å². The van der Waals surface area contributed by atoms with Gasteiger partial charge in [0, 0.05) is 33.5 Å². The summed E-state index contributed by atoms with van der Waals surface area (Å²) in [5, 5.41) is 0.